The van der Waals surface area contributed by atoms with E-state index in [0.717, 1.165) is 44.6 Å². The standard InChI is InChI=1S/C19H26N6O2/c1-15-2-4-16(5-3-15)25(24-7-6-20-14-24)19(26)17-12-18(22-13-21-17)23-8-10-27-11-9-23/h6-7,12-16H,2-5,8-11H2,1H3. The number of carbonyl (C=O) groups is 1. The third-order valence-corrected chi connectivity index (χ3v) is 5.49. The third kappa shape index (κ3) is 3.95. The number of morpholine rings is 1. The first kappa shape index (κ1) is 17.9. The first-order chi connectivity index (χ1) is 13.2. The van der Waals surface area contributed by atoms with Crippen LogP contribution in [0.25, 0.3) is 0 Å². The van der Waals surface area contributed by atoms with Crippen LogP contribution in [-0.2, 0) is 4.74 Å². The minimum Gasteiger partial charge on any atom is -0.378 e. The second-order valence-corrected chi connectivity index (χ2v) is 7.37. The van der Waals surface area contributed by atoms with Crippen molar-refractivity contribution in [2.75, 3.05) is 36.2 Å². The quantitative estimate of drug-likeness (QED) is 0.818. The van der Waals surface area contributed by atoms with Gasteiger partial charge in [0, 0.05) is 31.5 Å². The fraction of sp³-hybridized carbons (Fsp3) is 0.579. The van der Waals surface area contributed by atoms with Crippen molar-refractivity contribution in [3.8, 4) is 0 Å². The molecule has 0 spiro atoms. The lowest BCUT2D eigenvalue weighted by molar-refractivity contribution is 0.0924. The third-order valence-electron chi connectivity index (χ3n) is 5.49. The van der Waals surface area contributed by atoms with Crippen molar-refractivity contribution in [2.24, 2.45) is 5.92 Å². The lowest BCUT2D eigenvalue weighted by Gasteiger charge is -2.36. The van der Waals surface area contributed by atoms with Crippen LogP contribution in [0, 0.1) is 5.92 Å². The number of anilines is 1. The largest absolute Gasteiger partial charge is 0.378 e. The number of hydrogen-bond acceptors (Lipinski definition) is 6. The van der Waals surface area contributed by atoms with Gasteiger partial charge in [-0.3, -0.25) is 4.79 Å². The van der Waals surface area contributed by atoms with Crippen molar-refractivity contribution < 1.29 is 9.53 Å². The Morgan fingerprint density at radius 2 is 1.96 bits per heavy atom. The molecule has 1 aliphatic heterocycles. The van der Waals surface area contributed by atoms with Crippen LogP contribution < -0.4 is 9.91 Å². The maximum atomic E-state index is 13.4. The average Bonchev–Trinajstić information content (AvgIpc) is 3.25. The number of rotatable bonds is 4. The molecule has 8 heteroatoms. The fourth-order valence-corrected chi connectivity index (χ4v) is 3.87. The van der Waals surface area contributed by atoms with E-state index < -0.39 is 0 Å². The second-order valence-electron chi connectivity index (χ2n) is 7.37. The Morgan fingerprint density at radius 1 is 1.19 bits per heavy atom. The predicted molar refractivity (Wildman–Crippen MR) is 101 cm³/mol. The van der Waals surface area contributed by atoms with Gasteiger partial charge in [-0.05, 0) is 31.6 Å². The van der Waals surface area contributed by atoms with Crippen molar-refractivity contribution in [3.63, 3.8) is 0 Å². The van der Waals surface area contributed by atoms with Crippen molar-refractivity contribution in [2.45, 2.75) is 38.6 Å². The maximum absolute atomic E-state index is 13.4. The number of carbonyl (C=O) groups excluding carboxylic acids is 1. The molecule has 4 rings (SSSR count). The molecular weight excluding hydrogens is 344 g/mol. The maximum Gasteiger partial charge on any atom is 0.291 e. The topological polar surface area (TPSA) is 76.4 Å². The SMILES string of the molecule is CC1CCC(N(C(=O)c2cc(N3CCOCC3)ncn2)n2ccnc2)CC1. The van der Waals surface area contributed by atoms with Gasteiger partial charge in [-0.25, -0.2) is 24.6 Å². The van der Waals surface area contributed by atoms with Crippen LogP contribution in [0.2, 0.25) is 0 Å². The van der Waals surface area contributed by atoms with Gasteiger partial charge in [0.1, 0.15) is 24.2 Å². The van der Waals surface area contributed by atoms with E-state index in [0.29, 0.717) is 24.8 Å². The summed E-state index contributed by atoms with van der Waals surface area (Å²) in [4.78, 5) is 28.3. The van der Waals surface area contributed by atoms with Crippen LogP contribution >= 0.6 is 0 Å². The molecule has 1 saturated heterocycles. The Labute approximate surface area is 159 Å². The molecule has 2 aromatic rings. The molecule has 2 aromatic heterocycles. The Morgan fingerprint density at radius 3 is 2.67 bits per heavy atom. The normalized spacial score (nSPS) is 23.2. The molecular formula is C19H26N6O2. The molecule has 27 heavy (non-hydrogen) atoms. The summed E-state index contributed by atoms with van der Waals surface area (Å²) >= 11 is 0. The molecule has 0 radical (unpaired) electrons. The average molecular weight is 370 g/mol. The van der Waals surface area contributed by atoms with Gasteiger partial charge in [-0.2, -0.15) is 0 Å². The van der Waals surface area contributed by atoms with Gasteiger partial charge < -0.3 is 9.64 Å². The molecule has 0 atom stereocenters. The molecule has 8 nitrogen and oxygen atoms in total. The van der Waals surface area contributed by atoms with Crippen molar-refractivity contribution in [3.05, 3.63) is 36.8 Å². The summed E-state index contributed by atoms with van der Waals surface area (Å²) in [6.07, 6.45) is 10.9. The number of amides is 1. The smallest absolute Gasteiger partial charge is 0.291 e. The van der Waals surface area contributed by atoms with E-state index in [1.807, 2.05) is 11.2 Å². The van der Waals surface area contributed by atoms with Gasteiger partial charge in [0.05, 0.1) is 19.3 Å². The van der Waals surface area contributed by atoms with Gasteiger partial charge in [0.15, 0.2) is 0 Å². The minimum absolute atomic E-state index is 0.107. The van der Waals surface area contributed by atoms with E-state index >= 15 is 0 Å². The highest BCUT2D eigenvalue weighted by molar-refractivity contribution is 6.00. The van der Waals surface area contributed by atoms with Gasteiger partial charge in [-0.1, -0.05) is 6.92 Å². The Hall–Kier alpha value is -2.48. The van der Waals surface area contributed by atoms with Crippen LogP contribution in [0.1, 0.15) is 43.1 Å². The summed E-state index contributed by atoms with van der Waals surface area (Å²) in [5.41, 5.74) is 0.416. The van der Waals surface area contributed by atoms with E-state index in [4.69, 9.17) is 4.74 Å². The highest BCUT2D eigenvalue weighted by Gasteiger charge is 2.30. The molecule has 1 amide bonds. The fourth-order valence-electron chi connectivity index (χ4n) is 3.87. The predicted octanol–water partition coefficient (Wildman–Crippen LogP) is 1.87. The van der Waals surface area contributed by atoms with E-state index in [1.165, 1.54) is 6.33 Å². The lowest BCUT2D eigenvalue weighted by Crippen LogP contribution is -2.49. The zero-order valence-electron chi connectivity index (χ0n) is 15.7. The summed E-state index contributed by atoms with van der Waals surface area (Å²) in [6, 6.07) is 1.95. The van der Waals surface area contributed by atoms with Crippen molar-refractivity contribution >= 4 is 11.7 Å². The summed E-state index contributed by atoms with van der Waals surface area (Å²) in [7, 11) is 0. The van der Waals surface area contributed by atoms with E-state index in [1.54, 1.807) is 23.3 Å². The monoisotopic (exact) mass is 370 g/mol. The van der Waals surface area contributed by atoms with Gasteiger partial charge >= 0.3 is 0 Å². The molecule has 1 aliphatic carbocycles. The van der Waals surface area contributed by atoms with E-state index in [2.05, 4.69) is 26.8 Å². The van der Waals surface area contributed by atoms with Crippen LogP contribution in [-0.4, -0.2) is 57.9 Å². The molecule has 1 saturated carbocycles. The summed E-state index contributed by atoms with van der Waals surface area (Å²) in [6.45, 7) is 5.18. The molecule has 0 N–H and O–H groups in total. The van der Waals surface area contributed by atoms with Crippen LogP contribution in [0.15, 0.2) is 31.1 Å². The highest BCUT2D eigenvalue weighted by Crippen LogP contribution is 2.27. The molecule has 0 aromatic carbocycles. The van der Waals surface area contributed by atoms with Crippen molar-refractivity contribution in [1.29, 1.82) is 0 Å². The molecule has 2 fully saturated rings. The lowest BCUT2D eigenvalue weighted by atomic mass is 9.87. The minimum atomic E-state index is -0.107. The van der Waals surface area contributed by atoms with Crippen LogP contribution in [0.5, 0.6) is 0 Å². The summed E-state index contributed by atoms with van der Waals surface area (Å²) in [5.74, 6) is 1.39. The van der Waals surface area contributed by atoms with E-state index in [9.17, 15) is 4.79 Å². The molecule has 3 heterocycles. The first-order valence-corrected chi connectivity index (χ1v) is 9.69. The van der Waals surface area contributed by atoms with Gasteiger partial charge in [0.2, 0.25) is 0 Å². The second kappa shape index (κ2) is 8.04. The summed E-state index contributed by atoms with van der Waals surface area (Å²) < 4.78 is 7.19. The number of imidazole rings is 1. The Balaban J connectivity index is 1.59. The number of ether oxygens (including phenoxy) is 1. The van der Waals surface area contributed by atoms with Gasteiger partial charge in [-0.15, -0.1) is 0 Å². The molecule has 2 aliphatic rings. The molecule has 144 valence electrons. The van der Waals surface area contributed by atoms with E-state index in [-0.39, 0.29) is 11.9 Å². The zero-order chi connectivity index (χ0) is 18.6. The first-order valence-electron chi connectivity index (χ1n) is 9.69. The highest BCUT2D eigenvalue weighted by atomic mass is 16.5. The van der Waals surface area contributed by atoms with Gasteiger partial charge in [0.25, 0.3) is 5.91 Å². The van der Waals surface area contributed by atoms with Crippen molar-refractivity contribution in [1.82, 2.24) is 19.6 Å². The summed E-state index contributed by atoms with van der Waals surface area (Å²) in [5, 5.41) is 1.81. The molecule has 0 unspecified atom stereocenters. The Bertz CT molecular complexity index is 751. The Kier molecular flexibility index (Phi) is 5.33. The van der Waals surface area contributed by atoms with Crippen LogP contribution in [0.4, 0.5) is 5.82 Å². The molecule has 0 bridgehead atoms. The zero-order valence-corrected chi connectivity index (χ0v) is 15.7. The number of hydrogen-bond donors (Lipinski definition) is 0. The van der Waals surface area contributed by atoms with Crippen LogP contribution in [0.3, 0.4) is 0 Å². The number of nitrogens with zero attached hydrogens (tertiary/aromatic N) is 6. The number of aromatic nitrogens is 4.